The maximum Gasteiger partial charge on any atom is 0.415 e. The van der Waals surface area contributed by atoms with Gasteiger partial charge in [-0.1, -0.05) is 36.4 Å². The molecule has 0 saturated heterocycles. The molecule has 2 heterocycles. The van der Waals surface area contributed by atoms with Gasteiger partial charge < -0.3 is 9.84 Å². The van der Waals surface area contributed by atoms with Crippen LogP contribution >= 0.6 is 0 Å². The van der Waals surface area contributed by atoms with Gasteiger partial charge in [0, 0.05) is 18.7 Å². The van der Waals surface area contributed by atoms with Gasteiger partial charge in [-0.2, -0.15) is 0 Å². The van der Waals surface area contributed by atoms with Crippen molar-refractivity contribution in [3.05, 3.63) is 58.8 Å². The zero-order valence-corrected chi connectivity index (χ0v) is 14.8. The first-order valence-corrected chi connectivity index (χ1v) is 8.74. The van der Waals surface area contributed by atoms with E-state index in [0.29, 0.717) is 18.8 Å². The average Bonchev–Trinajstić information content (AvgIpc) is 2.64. The Kier molecular flexibility index (Phi) is 5.51. The summed E-state index contributed by atoms with van der Waals surface area (Å²) < 4.78 is 5.44. The molecule has 0 bridgehead atoms. The number of rotatable bonds is 5. The van der Waals surface area contributed by atoms with Crippen LogP contribution in [0.4, 0.5) is 10.6 Å². The van der Waals surface area contributed by atoms with Crippen molar-refractivity contribution < 1.29 is 19.4 Å². The Morgan fingerprint density at radius 3 is 2.77 bits per heavy atom. The van der Waals surface area contributed by atoms with Crippen LogP contribution in [0.5, 0.6) is 0 Å². The summed E-state index contributed by atoms with van der Waals surface area (Å²) in [6, 6.07) is 11.5. The molecule has 0 radical (unpaired) electrons. The summed E-state index contributed by atoms with van der Waals surface area (Å²) in [5.41, 5.74) is 3.59. The molecule has 136 valence electrons. The number of fused-ring (bicyclic) bond motifs is 1. The minimum Gasteiger partial charge on any atom is -0.481 e. The smallest absolute Gasteiger partial charge is 0.415 e. The van der Waals surface area contributed by atoms with E-state index in [9.17, 15) is 9.59 Å². The molecule has 0 fully saturated rings. The fourth-order valence-corrected chi connectivity index (χ4v) is 3.10. The van der Waals surface area contributed by atoms with Gasteiger partial charge >= 0.3 is 12.1 Å². The van der Waals surface area contributed by atoms with Crippen molar-refractivity contribution in [1.82, 2.24) is 4.98 Å². The van der Waals surface area contributed by atoms with Gasteiger partial charge in [0.25, 0.3) is 0 Å². The summed E-state index contributed by atoms with van der Waals surface area (Å²) in [7, 11) is 0. The zero-order chi connectivity index (χ0) is 18.5. The number of carboxylic acid groups (broad SMARTS) is 1. The summed E-state index contributed by atoms with van der Waals surface area (Å²) in [4.78, 5) is 29.5. The summed E-state index contributed by atoms with van der Waals surface area (Å²) in [6.45, 7) is 2.64. The molecule has 0 aliphatic carbocycles. The van der Waals surface area contributed by atoms with Gasteiger partial charge in [-0.3, -0.25) is 9.69 Å². The van der Waals surface area contributed by atoms with E-state index in [4.69, 9.17) is 9.84 Å². The van der Waals surface area contributed by atoms with Crippen LogP contribution in [-0.4, -0.2) is 28.7 Å². The zero-order valence-electron chi connectivity index (χ0n) is 14.8. The third-order valence-electron chi connectivity index (χ3n) is 4.49. The van der Waals surface area contributed by atoms with Crippen LogP contribution in [0.25, 0.3) is 0 Å². The molecule has 3 rings (SSSR count). The first-order valence-electron chi connectivity index (χ1n) is 8.74. The van der Waals surface area contributed by atoms with E-state index in [1.807, 2.05) is 43.3 Å². The quantitative estimate of drug-likeness (QED) is 0.889. The minimum atomic E-state index is -0.826. The van der Waals surface area contributed by atoms with Crippen molar-refractivity contribution in [2.24, 2.45) is 0 Å². The number of nitrogens with zero attached hydrogens (tertiary/aromatic N) is 2. The minimum absolute atomic E-state index is 0.0735. The first kappa shape index (κ1) is 17.9. The molecule has 0 saturated carbocycles. The molecule has 6 heteroatoms. The molecule has 1 aliphatic rings. The second-order valence-electron chi connectivity index (χ2n) is 6.40. The van der Waals surface area contributed by atoms with Gasteiger partial charge in [0.1, 0.15) is 12.4 Å². The highest BCUT2D eigenvalue weighted by atomic mass is 16.6. The van der Waals surface area contributed by atoms with E-state index in [2.05, 4.69) is 4.98 Å². The van der Waals surface area contributed by atoms with Crippen molar-refractivity contribution in [1.29, 1.82) is 0 Å². The van der Waals surface area contributed by atoms with Crippen molar-refractivity contribution in [3.8, 4) is 0 Å². The number of ether oxygens (including phenoxy) is 1. The third-order valence-corrected chi connectivity index (χ3v) is 4.49. The highest BCUT2D eigenvalue weighted by Crippen LogP contribution is 2.28. The van der Waals surface area contributed by atoms with Crippen LogP contribution in [-0.2, 0) is 29.0 Å². The molecule has 6 nitrogen and oxygen atoms in total. The van der Waals surface area contributed by atoms with Gasteiger partial charge in [0.05, 0.1) is 0 Å². The van der Waals surface area contributed by atoms with Crippen LogP contribution in [0, 0.1) is 6.92 Å². The number of benzene rings is 1. The fourth-order valence-electron chi connectivity index (χ4n) is 3.10. The third kappa shape index (κ3) is 4.20. The Balaban J connectivity index is 1.74. The van der Waals surface area contributed by atoms with E-state index in [1.165, 1.54) is 0 Å². The van der Waals surface area contributed by atoms with Crippen molar-refractivity contribution >= 4 is 17.9 Å². The lowest BCUT2D eigenvalue weighted by atomic mass is 10.00. The maximum absolute atomic E-state index is 12.5. The number of hydrogen-bond donors (Lipinski definition) is 1. The highest BCUT2D eigenvalue weighted by Gasteiger charge is 2.26. The predicted octanol–water partition coefficient (Wildman–Crippen LogP) is 3.50. The number of carbonyl (C=O) groups excluding carboxylic acids is 1. The maximum atomic E-state index is 12.5. The number of aryl methyl sites for hydroxylation is 3. The van der Waals surface area contributed by atoms with Crippen LogP contribution in [0.2, 0.25) is 0 Å². The fraction of sp³-hybridized carbons (Fsp3) is 0.350. The monoisotopic (exact) mass is 354 g/mol. The van der Waals surface area contributed by atoms with E-state index < -0.39 is 12.1 Å². The van der Waals surface area contributed by atoms with E-state index in [-0.39, 0.29) is 13.0 Å². The molecule has 1 aromatic heterocycles. The Hall–Kier alpha value is -2.89. The largest absolute Gasteiger partial charge is 0.481 e. The predicted molar refractivity (Wildman–Crippen MR) is 97.2 cm³/mol. The Bertz CT molecular complexity index is 805. The van der Waals surface area contributed by atoms with Gasteiger partial charge in [-0.25, -0.2) is 9.78 Å². The van der Waals surface area contributed by atoms with E-state index >= 15 is 0 Å². The number of aliphatic carboxylic acids is 1. The topological polar surface area (TPSA) is 79.7 Å². The standard InChI is InChI=1S/C20H22N2O4/c1-14-16(9-10-18(23)24)12-17-8-5-11-22(19(17)21-14)20(25)26-13-15-6-3-2-4-7-15/h2-4,6-7,12H,5,8-11,13H2,1H3,(H,23,24). The van der Waals surface area contributed by atoms with Gasteiger partial charge in [0.2, 0.25) is 0 Å². The number of carboxylic acids is 1. The summed E-state index contributed by atoms with van der Waals surface area (Å²) in [6.07, 6.45) is 1.77. The Labute approximate surface area is 152 Å². The molecule has 2 aromatic rings. The van der Waals surface area contributed by atoms with Crippen LogP contribution in [0.15, 0.2) is 36.4 Å². The second-order valence-corrected chi connectivity index (χ2v) is 6.40. The average molecular weight is 354 g/mol. The number of carbonyl (C=O) groups is 2. The molecule has 0 unspecified atom stereocenters. The van der Waals surface area contributed by atoms with Crippen LogP contribution < -0.4 is 4.90 Å². The number of aromatic nitrogens is 1. The molecule has 0 spiro atoms. The Morgan fingerprint density at radius 2 is 2.04 bits per heavy atom. The number of amides is 1. The molecule has 1 aromatic carbocycles. The number of pyridine rings is 1. The molecule has 1 N–H and O–H groups in total. The Morgan fingerprint density at radius 1 is 1.27 bits per heavy atom. The molecule has 1 amide bonds. The molecule has 1 aliphatic heterocycles. The van der Waals surface area contributed by atoms with Crippen LogP contribution in [0.1, 0.15) is 35.2 Å². The van der Waals surface area contributed by atoms with Crippen molar-refractivity contribution in [2.45, 2.75) is 39.2 Å². The summed E-state index contributed by atoms with van der Waals surface area (Å²) in [5.74, 6) is -0.195. The lowest BCUT2D eigenvalue weighted by Crippen LogP contribution is -2.37. The SMILES string of the molecule is Cc1nc2c(cc1CCC(=O)O)CCCN2C(=O)OCc1ccccc1. The van der Waals surface area contributed by atoms with Crippen molar-refractivity contribution in [2.75, 3.05) is 11.4 Å². The lowest BCUT2D eigenvalue weighted by molar-refractivity contribution is -0.136. The van der Waals surface area contributed by atoms with E-state index in [0.717, 1.165) is 35.2 Å². The molecular formula is C20H22N2O4. The van der Waals surface area contributed by atoms with Gasteiger partial charge in [-0.05, 0) is 42.9 Å². The van der Waals surface area contributed by atoms with Gasteiger partial charge in [0.15, 0.2) is 0 Å². The second kappa shape index (κ2) is 7.99. The molecule has 26 heavy (non-hydrogen) atoms. The van der Waals surface area contributed by atoms with E-state index in [1.54, 1.807) is 4.90 Å². The van der Waals surface area contributed by atoms with Crippen molar-refractivity contribution in [3.63, 3.8) is 0 Å². The summed E-state index contributed by atoms with van der Waals surface area (Å²) >= 11 is 0. The molecular weight excluding hydrogens is 332 g/mol. The molecule has 0 atom stereocenters. The number of hydrogen-bond acceptors (Lipinski definition) is 4. The number of anilines is 1. The summed E-state index contributed by atoms with van der Waals surface area (Å²) in [5, 5.41) is 8.88. The first-order chi connectivity index (χ1) is 12.5. The highest BCUT2D eigenvalue weighted by molar-refractivity contribution is 5.88. The van der Waals surface area contributed by atoms with Gasteiger partial charge in [-0.15, -0.1) is 0 Å². The lowest BCUT2D eigenvalue weighted by Gasteiger charge is -2.28. The van der Waals surface area contributed by atoms with Crippen LogP contribution in [0.3, 0.4) is 0 Å². The normalized spacial score (nSPS) is 13.2.